The second-order valence-electron chi connectivity index (χ2n) is 6.57. The first kappa shape index (κ1) is 19.8. The molecule has 0 fully saturated rings. The third-order valence-electron chi connectivity index (χ3n) is 4.79. The molecule has 0 aliphatic carbocycles. The highest BCUT2D eigenvalue weighted by atomic mass is 16.5. The Balaban J connectivity index is 2.13. The van der Waals surface area contributed by atoms with Crippen LogP contribution in [0.4, 0.5) is 0 Å². The fraction of sp³-hybridized carbons (Fsp3) is 0.400. The first-order valence-electron chi connectivity index (χ1n) is 9.33. The highest BCUT2D eigenvalue weighted by Gasteiger charge is 2.26. The number of esters is 1. The fourth-order valence-corrected chi connectivity index (χ4v) is 3.26. The van der Waals surface area contributed by atoms with E-state index in [2.05, 4.69) is 10.1 Å². The van der Waals surface area contributed by atoms with Gasteiger partial charge < -0.3 is 9.84 Å². The number of ether oxygens (including phenoxy) is 1. The summed E-state index contributed by atoms with van der Waals surface area (Å²) >= 11 is 0. The molecule has 0 spiro atoms. The summed E-state index contributed by atoms with van der Waals surface area (Å²) in [5.41, 5.74) is 1.88. The normalized spacial score (nSPS) is 17.2. The Morgan fingerprint density at radius 1 is 1.36 bits per heavy atom. The van der Waals surface area contributed by atoms with E-state index < -0.39 is 12.3 Å². The third kappa shape index (κ3) is 3.68. The number of carbonyl (C=O) groups is 1. The molecule has 3 rings (SSSR count). The molecule has 2 N–H and O–H groups in total. The zero-order valence-electron chi connectivity index (χ0n) is 16.3. The first-order valence-corrected chi connectivity index (χ1v) is 9.33. The van der Waals surface area contributed by atoms with Crippen LogP contribution in [0.25, 0.3) is 6.08 Å². The van der Waals surface area contributed by atoms with E-state index >= 15 is 0 Å². The summed E-state index contributed by atoms with van der Waals surface area (Å²) in [5, 5.41) is 25.7. The minimum absolute atomic E-state index is 0.00488. The van der Waals surface area contributed by atoms with E-state index in [1.807, 2.05) is 44.2 Å². The van der Waals surface area contributed by atoms with Crippen molar-refractivity contribution in [3.8, 4) is 0 Å². The number of aryl methyl sites for hydroxylation is 1. The fourth-order valence-electron chi connectivity index (χ4n) is 3.26. The van der Waals surface area contributed by atoms with Gasteiger partial charge >= 0.3 is 5.97 Å². The number of fused-ring (bicyclic) bond motifs is 1. The van der Waals surface area contributed by atoms with Gasteiger partial charge in [-0.05, 0) is 24.5 Å². The Hall–Kier alpha value is -3.00. The summed E-state index contributed by atoms with van der Waals surface area (Å²) in [5.74, 6) is -0.819. The van der Waals surface area contributed by atoms with Gasteiger partial charge in [-0.25, -0.2) is 9.99 Å². The van der Waals surface area contributed by atoms with Crippen molar-refractivity contribution in [2.24, 2.45) is 11.0 Å². The molecule has 8 heteroatoms. The molecular weight excluding hydrogens is 358 g/mol. The first-order chi connectivity index (χ1) is 13.5. The minimum Gasteiger partial charge on any atom is -0.469 e. The van der Waals surface area contributed by atoms with Crippen molar-refractivity contribution >= 4 is 12.0 Å². The number of hydrogen-bond donors (Lipinski definition) is 2. The predicted octanol–water partition coefficient (Wildman–Crippen LogP) is 0.403. The maximum atomic E-state index is 12.1. The quantitative estimate of drug-likeness (QED) is 0.703. The van der Waals surface area contributed by atoms with Gasteiger partial charge in [0.15, 0.2) is 5.49 Å². The van der Waals surface area contributed by atoms with E-state index in [0.717, 1.165) is 5.56 Å². The van der Waals surface area contributed by atoms with E-state index in [1.54, 1.807) is 10.6 Å². The number of aliphatic hydroxyl groups excluding tert-OH is 1. The zero-order valence-corrected chi connectivity index (χ0v) is 16.3. The number of methoxy groups -OCH3 is 1. The van der Waals surface area contributed by atoms with Crippen molar-refractivity contribution in [2.75, 3.05) is 7.11 Å². The van der Waals surface area contributed by atoms with Crippen molar-refractivity contribution in [3.05, 3.63) is 57.9 Å². The summed E-state index contributed by atoms with van der Waals surface area (Å²) in [7, 11) is 1.36. The molecule has 148 valence electrons. The molecule has 2 heterocycles. The Morgan fingerprint density at radius 2 is 2.07 bits per heavy atom. The average Bonchev–Trinajstić information content (AvgIpc) is 3.04. The maximum absolute atomic E-state index is 12.1. The molecule has 0 saturated carbocycles. The van der Waals surface area contributed by atoms with Crippen LogP contribution in [-0.4, -0.2) is 32.7 Å². The molecule has 1 aliphatic heterocycles. The van der Waals surface area contributed by atoms with Crippen LogP contribution in [0, 0.1) is 11.3 Å². The molecule has 0 amide bonds. The van der Waals surface area contributed by atoms with Crippen molar-refractivity contribution in [2.45, 2.75) is 39.6 Å². The van der Waals surface area contributed by atoms with E-state index in [1.165, 1.54) is 12.1 Å². The average molecular weight is 383 g/mol. The molecule has 0 bridgehead atoms. The Labute approximate surface area is 162 Å². The Morgan fingerprint density at radius 3 is 2.68 bits per heavy atom. The highest BCUT2D eigenvalue weighted by molar-refractivity contribution is 5.78. The molecule has 2 unspecified atom stereocenters. The largest absolute Gasteiger partial charge is 0.469 e. The number of carbonyl (C=O) groups excluding carboxylic acids is 1. The summed E-state index contributed by atoms with van der Waals surface area (Å²) in [6.45, 7) is 4.20. The van der Waals surface area contributed by atoms with E-state index in [-0.39, 0.29) is 16.9 Å². The topological polar surface area (TPSA) is 104 Å². The molecule has 0 radical (unpaired) electrons. The van der Waals surface area contributed by atoms with Gasteiger partial charge in [0.1, 0.15) is 0 Å². The Kier molecular flexibility index (Phi) is 5.89. The van der Waals surface area contributed by atoms with Gasteiger partial charge in [-0.1, -0.05) is 44.2 Å². The molecule has 0 saturated heterocycles. The van der Waals surface area contributed by atoms with Crippen LogP contribution in [0.3, 0.4) is 0 Å². The standard InChI is InChI=1S/C20H25N5O3/c1-4-14(19(26)28-3)11-16-15(5-2)22-17(21)18-23-24(20(27)25(16)18)12-13-9-7-6-8-10-13/h6-11,14,20-21,27H,4-5,12H2,1-3H3/b16-11+,21-17?. The Bertz CT molecular complexity index is 1030. The molecule has 2 aromatic rings. The van der Waals surface area contributed by atoms with Crippen LogP contribution in [-0.2, 0) is 22.5 Å². The van der Waals surface area contributed by atoms with Gasteiger partial charge in [-0.2, -0.15) is 5.10 Å². The second kappa shape index (κ2) is 8.35. The van der Waals surface area contributed by atoms with Crippen molar-refractivity contribution in [1.82, 2.24) is 14.6 Å². The zero-order chi connectivity index (χ0) is 20.3. The molecule has 1 aliphatic rings. The van der Waals surface area contributed by atoms with Crippen LogP contribution in [0.1, 0.15) is 37.9 Å². The van der Waals surface area contributed by atoms with Gasteiger partial charge in [0.05, 0.1) is 30.6 Å². The van der Waals surface area contributed by atoms with Crippen LogP contribution in [0.5, 0.6) is 0 Å². The monoisotopic (exact) mass is 383 g/mol. The maximum Gasteiger partial charge on any atom is 0.312 e. The number of nitrogens with zero attached hydrogens (tertiary/aromatic N) is 4. The highest BCUT2D eigenvalue weighted by Crippen LogP contribution is 2.15. The van der Waals surface area contributed by atoms with E-state index in [9.17, 15) is 9.90 Å². The lowest BCUT2D eigenvalue weighted by atomic mass is 10.1. The lowest BCUT2D eigenvalue weighted by molar-refractivity contribution is -0.143. The summed E-state index contributed by atoms with van der Waals surface area (Å²) in [6.07, 6.45) is 1.77. The van der Waals surface area contributed by atoms with Gasteiger partial charge in [-0.3, -0.25) is 14.8 Å². The number of nitrogens with one attached hydrogen (secondary N) is 1. The summed E-state index contributed by atoms with van der Waals surface area (Å²) in [6, 6.07) is 9.67. The van der Waals surface area contributed by atoms with Gasteiger partial charge in [0.25, 0.3) is 0 Å². The molecule has 2 atom stereocenters. The van der Waals surface area contributed by atoms with Crippen LogP contribution in [0.2, 0.25) is 0 Å². The van der Waals surface area contributed by atoms with E-state index in [4.69, 9.17) is 10.1 Å². The lowest BCUT2D eigenvalue weighted by Crippen LogP contribution is -2.47. The molecular formula is C20H25N5O3. The molecule has 1 aromatic carbocycles. The van der Waals surface area contributed by atoms with Crippen LogP contribution in [0.15, 0.2) is 35.4 Å². The van der Waals surface area contributed by atoms with Crippen molar-refractivity contribution in [3.63, 3.8) is 0 Å². The molecule has 1 aromatic heterocycles. The number of aromatic nitrogens is 2. The third-order valence-corrected chi connectivity index (χ3v) is 4.79. The minimum atomic E-state index is -1.09. The van der Waals surface area contributed by atoms with Crippen molar-refractivity contribution in [1.29, 1.82) is 5.41 Å². The van der Waals surface area contributed by atoms with Crippen LogP contribution >= 0.6 is 0 Å². The molecule has 8 nitrogen and oxygen atoms in total. The van der Waals surface area contributed by atoms with Gasteiger partial charge in [-0.15, -0.1) is 0 Å². The number of hydrogen-bond acceptors (Lipinski definition) is 7. The summed E-state index contributed by atoms with van der Waals surface area (Å²) in [4.78, 5) is 16.4. The van der Waals surface area contributed by atoms with Gasteiger partial charge in [0.2, 0.25) is 11.8 Å². The number of benzene rings is 1. The summed E-state index contributed by atoms with van der Waals surface area (Å²) < 4.78 is 6.46. The second-order valence-corrected chi connectivity index (χ2v) is 6.57. The van der Waals surface area contributed by atoms with E-state index in [0.29, 0.717) is 30.4 Å². The van der Waals surface area contributed by atoms with Crippen LogP contribution < -0.4 is 16.3 Å². The number of rotatable bonds is 6. The van der Waals surface area contributed by atoms with Crippen molar-refractivity contribution < 1.29 is 14.6 Å². The molecule has 28 heavy (non-hydrogen) atoms. The smallest absolute Gasteiger partial charge is 0.312 e. The number of aliphatic hydroxyl groups is 1. The van der Waals surface area contributed by atoms with Gasteiger partial charge in [0, 0.05) is 0 Å². The SMILES string of the molecule is CCc1nc(=N)c2n(/c1=C/C(CC)C(=O)OC)C(O)N(Cc1ccccc1)N=2. The predicted molar refractivity (Wildman–Crippen MR) is 102 cm³/mol. The lowest BCUT2D eigenvalue weighted by Gasteiger charge is -2.21.